The van der Waals surface area contributed by atoms with Crippen molar-refractivity contribution in [1.82, 2.24) is 20.8 Å². The Bertz CT molecular complexity index is 445. The first-order chi connectivity index (χ1) is 9.21. The number of rotatable bonds is 1. The fourth-order valence-electron chi connectivity index (χ4n) is 2.31. The fraction of sp³-hybridized carbons (Fsp3) is 0.750. The molecule has 8 nitrogen and oxygen atoms in total. The van der Waals surface area contributed by atoms with Gasteiger partial charge in [-0.3, -0.25) is 25.6 Å². The van der Waals surface area contributed by atoms with E-state index in [0.717, 1.165) is 0 Å². The normalized spacial score (nSPS) is 25.7. The van der Waals surface area contributed by atoms with Crippen molar-refractivity contribution in [2.24, 2.45) is 5.41 Å². The highest BCUT2D eigenvalue weighted by Crippen LogP contribution is 2.28. The maximum absolute atomic E-state index is 12.0. The Balaban J connectivity index is 1.94. The highest BCUT2D eigenvalue weighted by Gasteiger charge is 2.46. The van der Waals surface area contributed by atoms with Crippen molar-refractivity contribution >= 4 is 17.8 Å². The first-order valence-electron chi connectivity index (χ1n) is 6.61. The van der Waals surface area contributed by atoms with Crippen molar-refractivity contribution in [2.45, 2.75) is 45.7 Å². The van der Waals surface area contributed by atoms with Gasteiger partial charge in [-0.25, -0.2) is 9.86 Å². The molecule has 2 rings (SSSR count). The van der Waals surface area contributed by atoms with E-state index in [1.165, 1.54) is 4.90 Å². The second kappa shape index (κ2) is 4.93. The Morgan fingerprint density at radius 1 is 1.25 bits per heavy atom. The van der Waals surface area contributed by atoms with Gasteiger partial charge in [0.1, 0.15) is 6.04 Å². The van der Waals surface area contributed by atoms with Gasteiger partial charge in [0.15, 0.2) is 0 Å². The van der Waals surface area contributed by atoms with Crippen LogP contribution in [-0.4, -0.2) is 51.6 Å². The third kappa shape index (κ3) is 2.55. The van der Waals surface area contributed by atoms with Crippen LogP contribution in [0.4, 0.5) is 4.79 Å². The summed E-state index contributed by atoms with van der Waals surface area (Å²) in [5.74, 6) is -0.749. The zero-order valence-electron chi connectivity index (χ0n) is 11.8. The van der Waals surface area contributed by atoms with Gasteiger partial charge in [0.25, 0.3) is 5.91 Å². The van der Waals surface area contributed by atoms with E-state index in [9.17, 15) is 19.6 Å². The van der Waals surface area contributed by atoms with E-state index in [1.54, 1.807) is 20.8 Å². The number of hydrogen-bond donors (Lipinski definition) is 3. The van der Waals surface area contributed by atoms with Crippen LogP contribution in [0.2, 0.25) is 0 Å². The van der Waals surface area contributed by atoms with Crippen LogP contribution in [0.15, 0.2) is 0 Å². The first-order valence-corrected chi connectivity index (χ1v) is 6.61. The maximum atomic E-state index is 12.0. The zero-order valence-corrected chi connectivity index (χ0v) is 11.8. The topological polar surface area (TPSA) is 102 Å². The number of amides is 4. The van der Waals surface area contributed by atoms with Crippen molar-refractivity contribution in [3.8, 4) is 0 Å². The minimum atomic E-state index is -0.656. The van der Waals surface area contributed by atoms with E-state index in [1.807, 2.05) is 0 Å². The van der Waals surface area contributed by atoms with Gasteiger partial charge < -0.3 is 4.90 Å². The van der Waals surface area contributed by atoms with Crippen LogP contribution in [0.25, 0.3) is 0 Å². The monoisotopic (exact) mass is 284 g/mol. The van der Waals surface area contributed by atoms with Crippen LogP contribution in [0.1, 0.15) is 33.6 Å². The van der Waals surface area contributed by atoms with Crippen LogP contribution < -0.4 is 10.9 Å². The number of nitrogens with one attached hydrogen (secondary N) is 2. The molecule has 3 N–H and O–H groups in total. The van der Waals surface area contributed by atoms with Gasteiger partial charge in [-0.15, -0.1) is 0 Å². The standard InChI is InChI=1S/C12H20N4O4/c1-12(2,3)10(18)14-13-9(17)8-5-4-7-6-15(8)11(19)16(7)20/h7-8,20H,4-6H2,1-3H3,(H,13,17)(H,14,18)/t7-,8+/m1/s1. The summed E-state index contributed by atoms with van der Waals surface area (Å²) in [4.78, 5) is 36.8. The number of urea groups is 1. The zero-order chi connectivity index (χ0) is 15.1. The second-order valence-corrected chi connectivity index (χ2v) is 6.22. The Kier molecular flexibility index (Phi) is 3.59. The molecule has 0 unspecified atom stereocenters. The van der Waals surface area contributed by atoms with E-state index in [0.29, 0.717) is 24.4 Å². The summed E-state index contributed by atoms with van der Waals surface area (Å²) in [5.41, 5.74) is 4.08. The molecule has 2 atom stereocenters. The summed E-state index contributed by atoms with van der Waals surface area (Å²) >= 11 is 0. The summed E-state index contributed by atoms with van der Waals surface area (Å²) in [7, 11) is 0. The Morgan fingerprint density at radius 2 is 1.90 bits per heavy atom. The number of carbonyl (C=O) groups is 3. The predicted octanol–water partition coefficient (Wildman–Crippen LogP) is -0.162. The molecule has 20 heavy (non-hydrogen) atoms. The van der Waals surface area contributed by atoms with Gasteiger partial charge in [0, 0.05) is 12.0 Å². The van der Waals surface area contributed by atoms with Gasteiger partial charge in [-0.05, 0) is 12.8 Å². The smallest absolute Gasteiger partial charge is 0.309 e. The third-order valence-electron chi connectivity index (χ3n) is 3.63. The minimum Gasteiger partial charge on any atom is -0.309 e. The quantitative estimate of drug-likeness (QED) is 0.460. The molecule has 112 valence electrons. The number of hydroxylamine groups is 2. The number of nitrogens with zero attached hydrogens (tertiary/aromatic N) is 2. The average Bonchev–Trinajstić information content (AvgIpc) is 2.60. The van der Waals surface area contributed by atoms with Crippen LogP contribution in [-0.2, 0) is 9.59 Å². The third-order valence-corrected chi connectivity index (χ3v) is 3.63. The molecule has 0 aromatic rings. The number of hydrogen-bond acceptors (Lipinski definition) is 4. The lowest BCUT2D eigenvalue weighted by atomic mass is 9.96. The lowest BCUT2D eigenvalue weighted by Gasteiger charge is -2.29. The predicted molar refractivity (Wildman–Crippen MR) is 68.3 cm³/mol. The van der Waals surface area contributed by atoms with E-state index < -0.39 is 23.4 Å². The summed E-state index contributed by atoms with van der Waals surface area (Å²) in [6, 6.07) is -1.46. The molecule has 2 saturated heterocycles. The van der Waals surface area contributed by atoms with E-state index in [-0.39, 0.29) is 11.9 Å². The molecule has 2 fully saturated rings. The molecule has 4 amide bonds. The van der Waals surface area contributed by atoms with Gasteiger partial charge >= 0.3 is 6.03 Å². The summed E-state index contributed by atoms with van der Waals surface area (Å²) < 4.78 is 0. The molecule has 2 aliphatic heterocycles. The minimum absolute atomic E-state index is 0.240. The first kappa shape index (κ1) is 14.6. The SMILES string of the molecule is CC(C)(C)C(=O)NNC(=O)[C@@H]1CC[C@@H]2CN1C(=O)N2O. The summed E-state index contributed by atoms with van der Waals surface area (Å²) in [6.07, 6.45) is 1.02. The molecule has 0 aromatic heterocycles. The van der Waals surface area contributed by atoms with E-state index in [2.05, 4.69) is 10.9 Å². The average molecular weight is 284 g/mol. The molecular weight excluding hydrogens is 264 g/mol. The molecule has 0 aliphatic carbocycles. The van der Waals surface area contributed by atoms with Crippen LogP contribution in [0.3, 0.4) is 0 Å². The summed E-state index contributed by atoms with van der Waals surface area (Å²) in [6.45, 7) is 5.52. The molecule has 2 heterocycles. The fourth-order valence-corrected chi connectivity index (χ4v) is 2.31. The van der Waals surface area contributed by atoms with Crippen molar-refractivity contribution in [3.05, 3.63) is 0 Å². The number of piperidine rings is 1. The Hall–Kier alpha value is -1.83. The van der Waals surface area contributed by atoms with Crippen molar-refractivity contribution in [3.63, 3.8) is 0 Å². The second-order valence-electron chi connectivity index (χ2n) is 6.22. The van der Waals surface area contributed by atoms with Crippen LogP contribution in [0, 0.1) is 5.41 Å². The molecule has 0 aromatic carbocycles. The van der Waals surface area contributed by atoms with Crippen LogP contribution in [0.5, 0.6) is 0 Å². The Morgan fingerprint density at radius 3 is 2.50 bits per heavy atom. The molecule has 0 saturated carbocycles. The van der Waals surface area contributed by atoms with Gasteiger partial charge in [0.05, 0.1) is 6.04 Å². The highest BCUT2D eigenvalue weighted by molar-refractivity contribution is 5.90. The van der Waals surface area contributed by atoms with Crippen molar-refractivity contribution < 1.29 is 19.6 Å². The molecular formula is C12H20N4O4. The van der Waals surface area contributed by atoms with E-state index >= 15 is 0 Å². The molecule has 0 radical (unpaired) electrons. The van der Waals surface area contributed by atoms with Crippen LogP contribution >= 0.6 is 0 Å². The number of fused-ring (bicyclic) bond motifs is 2. The van der Waals surface area contributed by atoms with Gasteiger partial charge in [-0.2, -0.15) is 0 Å². The molecule has 2 aliphatic rings. The molecule has 2 bridgehead atoms. The molecule has 8 heteroatoms. The lowest BCUT2D eigenvalue weighted by molar-refractivity contribution is -0.135. The van der Waals surface area contributed by atoms with E-state index in [4.69, 9.17) is 0 Å². The number of hydrazine groups is 1. The lowest BCUT2D eigenvalue weighted by Crippen LogP contribution is -2.55. The van der Waals surface area contributed by atoms with Gasteiger partial charge in [-0.1, -0.05) is 20.8 Å². The summed E-state index contributed by atoms with van der Waals surface area (Å²) in [5, 5.41) is 10.2. The largest absolute Gasteiger partial charge is 0.344 e. The van der Waals surface area contributed by atoms with Gasteiger partial charge in [0.2, 0.25) is 5.91 Å². The maximum Gasteiger partial charge on any atom is 0.344 e. The Labute approximate surface area is 117 Å². The van der Waals surface area contributed by atoms with Crippen molar-refractivity contribution in [2.75, 3.05) is 6.54 Å². The highest BCUT2D eigenvalue weighted by atomic mass is 16.5. The number of carbonyl (C=O) groups excluding carboxylic acids is 3. The van der Waals surface area contributed by atoms with Crippen molar-refractivity contribution in [1.29, 1.82) is 0 Å². The molecule has 0 spiro atoms.